The third-order valence-electron chi connectivity index (χ3n) is 6.98. The van der Waals surface area contributed by atoms with Gasteiger partial charge in [0.2, 0.25) is 0 Å². The van der Waals surface area contributed by atoms with Crippen LogP contribution in [0.1, 0.15) is 22.3 Å². The number of azo groups is 2. The maximum absolute atomic E-state index is 12.3. The normalized spacial score (nSPS) is 12.4. The van der Waals surface area contributed by atoms with Crippen molar-refractivity contribution in [2.75, 3.05) is 5.32 Å². The zero-order valence-electron chi connectivity index (χ0n) is 24.7. The highest BCUT2D eigenvalue weighted by atomic mass is 32.2. The highest BCUT2D eigenvalue weighted by Crippen LogP contribution is 2.36. The van der Waals surface area contributed by atoms with Gasteiger partial charge >= 0.3 is 0 Å². The van der Waals surface area contributed by atoms with E-state index in [0.717, 1.165) is 11.4 Å². The predicted molar refractivity (Wildman–Crippen MR) is 173 cm³/mol. The summed E-state index contributed by atoms with van der Waals surface area (Å²) in [6.45, 7) is 6.88. The van der Waals surface area contributed by atoms with E-state index in [-0.39, 0.29) is 16.3 Å². The number of hydrogen-bond acceptors (Lipinski definition) is 9. The van der Waals surface area contributed by atoms with Crippen molar-refractivity contribution in [2.45, 2.75) is 37.5 Å². The fourth-order valence-corrected chi connectivity index (χ4v) is 6.19. The van der Waals surface area contributed by atoms with Crippen molar-refractivity contribution in [1.82, 2.24) is 0 Å². The molecule has 0 bridgehead atoms. The molecule has 5 rings (SSSR count). The number of para-hydroxylation sites is 1. The molecule has 11 nitrogen and oxygen atoms in total. The minimum atomic E-state index is -4.64. The summed E-state index contributed by atoms with van der Waals surface area (Å²) in [5.41, 5.74) is 4.86. The van der Waals surface area contributed by atoms with Crippen LogP contribution in [0.15, 0.2) is 115 Å². The molecule has 230 valence electrons. The van der Waals surface area contributed by atoms with Gasteiger partial charge in [0.1, 0.15) is 21.2 Å². The Morgan fingerprint density at radius 1 is 0.533 bits per heavy atom. The summed E-state index contributed by atoms with van der Waals surface area (Å²) >= 11 is 0. The van der Waals surface area contributed by atoms with Gasteiger partial charge in [0.15, 0.2) is 0 Å². The molecular weight excluding hydrogens is 615 g/mol. The molecule has 0 heterocycles. The van der Waals surface area contributed by atoms with E-state index in [9.17, 15) is 25.9 Å². The maximum Gasteiger partial charge on any atom is 0.296 e. The first kappa shape index (κ1) is 31.6. The fraction of sp³-hybridized carbons (Fsp3) is 0.125. The van der Waals surface area contributed by atoms with Crippen molar-refractivity contribution in [2.24, 2.45) is 20.5 Å². The first-order valence-electron chi connectivity index (χ1n) is 13.6. The Labute approximate surface area is 260 Å². The van der Waals surface area contributed by atoms with Gasteiger partial charge in [-0.1, -0.05) is 30.3 Å². The van der Waals surface area contributed by atoms with Crippen molar-refractivity contribution in [3.8, 4) is 0 Å². The van der Waals surface area contributed by atoms with Crippen molar-refractivity contribution in [1.29, 1.82) is 0 Å². The van der Waals surface area contributed by atoms with Crippen LogP contribution >= 0.6 is 0 Å². The average molecular weight is 644 g/mol. The number of hydrogen-bond donors (Lipinski definition) is 3. The van der Waals surface area contributed by atoms with Gasteiger partial charge in [-0.05, 0) is 115 Å². The van der Waals surface area contributed by atoms with Crippen LogP contribution in [0, 0.1) is 27.7 Å². The second kappa shape index (κ2) is 12.3. The van der Waals surface area contributed by atoms with Crippen LogP contribution in [0.4, 0.5) is 34.1 Å². The number of anilines is 2. The fourth-order valence-electron chi connectivity index (χ4n) is 4.77. The number of fused-ring (bicyclic) bond motifs is 1. The molecule has 0 unspecified atom stereocenters. The first-order chi connectivity index (χ1) is 21.2. The first-order valence-corrected chi connectivity index (χ1v) is 16.5. The Morgan fingerprint density at radius 3 is 1.76 bits per heavy atom. The third kappa shape index (κ3) is 7.29. The molecule has 5 aromatic carbocycles. The molecular formula is C32H29N5O6S2. The van der Waals surface area contributed by atoms with E-state index < -0.39 is 25.1 Å². The summed E-state index contributed by atoms with van der Waals surface area (Å²) in [7, 11) is -9.17. The number of nitrogens with zero attached hydrogens (tertiary/aromatic N) is 4. The van der Waals surface area contributed by atoms with Crippen molar-refractivity contribution in [3.05, 3.63) is 107 Å². The largest absolute Gasteiger partial charge is 0.356 e. The summed E-state index contributed by atoms with van der Waals surface area (Å²) in [6, 6.07) is 24.2. The molecule has 45 heavy (non-hydrogen) atoms. The number of benzene rings is 5. The molecule has 0 amide bonds. The average Bonchev–Trinajstić information content (AvgIpc) is 2.96. The Balaban J connectivity index is 1.48. The second-order valence-electron chi connectivity index (χ2n) is 10.6. The molecule has 0 saturated heterocycles. The van der Waals surface area contributed by atoms with Gasteiger partial charge in [-0.2, -0.15) is 27.1 Å². The molecule has 0 aliphatic rings. The molecule has 0 spiro atoms. The van der Waals surface area contributed by atoms with Crippen molar-refractivity contribution in [3.63, 3.8) is 0 Å². The van der Waals surface area contributed by atoms with Gasteiger partial charge in [-0.25, -0.2) is 0 Å². The zero-order valence-corrected chi connectivity index (χ0v) is 26.3. The molecule has 13 heteroatoms. The maximum atomic E-state index is 12.3. The van der Waals surface area contributed by atoms with Crippen LogP contribution in [-0.2, 0) is 20.2 Å². The molecule has 0 aliphatic heterocycles. The van der Waals surface area contributed by atoms with Crippen molar-refractivity contribution < 1.29 is 25.9 Å². The van der Waals surface area contributed by atoms with Crippen LogP contribution in [-0.4, -0.2) is 25.9 Å². The monoisotopic (exact) mass is 643 g/mol. The summed E-state index contributed by atoms with van der Waals surface area (Å²) in [6.07, 6.45) is 0. The molecule has 0 aromatic heterocycles. The lowest BCUT2D eigenvalue weighted by atomic mass is 10.1. The zero-order chi connectivity index (χ0) is 32.5. The van der Waals surface area contributed by atoms with Gasteiger partial charge in [0.25, 0.3) is 20.2 Å². The van der Waals surface area contributed by atoms with E-state index >= 15 is 0 Å². The summed E-state index contributed by atoms with van der Waals surface area (Å²) in [5, 5.41) is 21.4. The molecule has 0 saturated carbocycles. The number of nitrogens with one attached hydrogen (secondary N) is 1. The SMILES string of the molecule is Cc1cc(C)c(N=Nc2cc(C)c(N=Nc3cc4ccc(Nc5ccccc5)cc4cc3S(=O)(=O)O)cc2C)c(S(=O)(=O)O)c1. The van der Waals surface area contributed by atoms with E-state index in [4.69, 9.17) is 0 Å². The Bertz CT molecular complexity index is 2230. The third-order valence-corrected chi connectivity index (χ3v) is 8.73. The highest BCUT2D eigenvalue weighted by molar-refractivity contribution is 7.86. The molecule has 0 fully saturated rings. The molecule has 5 aromatic rings. The lowest BCUT2D eigenvalue weighted by Crippen LogP contribution is -2.00. The van der Waals surface area contributed by atoms with Crippen molar-refractivity contribution >= 4 is 65.1 Å². The van der Waals surface area contributed by atoms with E-state index in [2.05, 4.69) is 25.8 Å². The van der Waals surface area contributed by atoms with Gasteiger partial charge in [-0.15, -0.1) is 10.2 Å². The van der Waals surface area contributed by atoms with Crippen LogP contribution in [0.3, 0.4) is 0 Å². The molecule has 0 aliphatic carbocycles. The minimum absolute atomic E-state index is 0.0286. The summed E-state index contributed by atoms with van der Waals surface area (Å²) < 4.78 is 68.2. The molecule has 0 radical (unpaired) electrons. The van der Waals surface area contributed by atoms with Crippen LogP contribution in [0.2, 0.25) is 0 Å². The topological polar surface area (TPSA) is 170 Å². The van der Waals surface area contributed by atoms with E-state index in [1.165, 1.54) is 18.2 Å². The summed E-state index contributed by atoms with van der Waals surface area (Å²) in [4.78, 5) is -0.726. The molecule has 0 atom stereocenters. The van der Waals surface area contributed by atoms with E-state index in [1.54, 1.807) is 52.0 Å². The Hall–Kier alpha value is -4.82. The van der Waals surface area contributed by atoms with Crippen LogP contribution < -0.4 is 5.32 Å². The quantitative estimate of drug-likeness (QED) is 0.112. The smallest absolute Gasteiger partial charge is 0.296 e. The van der Waals surface area contributed by atoms with E-state index in [1.807, 2.05) is 42.5 Å². The number of rotatable bonds is 8. The van der Waals surface area contributed by atoms with Crippen LogP contribution in [0.25, 0.3) is 10.8 Å². The van der Waals surface area contributed by atoms with Gasteiger partial charge in [0.05, 0.1) is 11.4 Å². The Morgan fingerprint density at radius 2 is 1.13 bits per heavy atom. The minimum Gasteiger partial charge on any atom is -0.356 e. The van der Waals surface area contributed by atoms with Gasteiger partial charge in [0, 0.05) is 11.4 Å². The lowest BCUT2D eigenvalue weighted by Gasteiger charge is -2.10. The Kier molecular flexibility index (Phi) is 8.63. The highest BCUT2D eigenvalue weighted by Gasteiger charge is 2.19. The van der Waals surface area contributed by atoms with E-state index in [0.29, 0.717) is 44.4 Å². The molecule has 3 N–H and O–H groups in total. The van der Waals surface area contributed by atoms with Gasteiger partial charge < -0.3 is 5.32 Å². The lowest BCUT2D eigenvalue weighted by molar-refractivity contribution is 0.481. The van der Waals surface area contributed by atoms with Gasteiger partial charge in [-0.3, -0.25) is 9.11 Å². The second-order valence-corrected chi connectivity index (χ2v) is 13.4. The number of aryl methyl sites for hydroxylation is 4. The predicted octanol–water partition coefficient (Wildman–Crippen LogP) is 9.14. The standard InChI is InChI=1S/C32H29N5O6S2/c1-19-12-22(4)32(31(13-19)45(41,42)43)37-35-28-15-20(2)27(14-21(28)3)34-36-29-17-23-10-11-26(33-25-8-6-5-7-9-25)16-24(23)18-30(29)44(38,39)40/h5-18,33H,1-4H3,(H,38,39,40)(H,41,42,43). The summed E-state index contributed by atoms with van der Waals surface area (Å²) in [5.74, 6) is 0. The van der Waals surface area contributed by atoms with Crippen LogP contribution in [0.5, 0.6) is 0 Å².